The zero-order valence-corrected chi connectivity index (χ0v) is 18.4. The van der Waals surface area contributed by atoms with Gasteiger partial charge in [-0.2, -0.15) is 0 Å². The van der Waals surface area contributed by atoms with Crippen molar-refractivity contribution in [3.63, 3.8) is 0 Å². The predicted molar refractivity (Wildman–Crippen MR) is 124 cm³/mol. The lowest BCUT2D eigenvalue weighted by molar-refractivity contribution is 0.0925. The summed E-state index contributed by atoms with van der Waals surface area (Å²) in [6.45, 7) is 5.62. The summed E-state index contributed by atoms with van der Waals surface area (Å²) >= 11 is 1.32. The molecule has 32 heavy (non-hydrogen) atoms. The number of hydrogen-bond donors (Lipinski definition) is 1. The second-order valence-electron chi connectivity index (χ2n) is 7.59. The van der Waals surface area contributed by atoms with E-state index < -0.39 is 0 Å². The maximum absolute atomic E-state index is 13.0. The van der Waals surface area contributed by atoms with Crippen LogP contribution in [0.2, 0.25) is 0 Å². The molecule has 3 heterocycles. The summed E-state index contributed by atoms with van der Waals surface area (Å²) in [4.78, 5) is 49.9. The van der Waals surface area contributed by atoms with Crippen LogP contribution in [0.5, 0.6) is 0 Å². The predicted octanol–water partition coefficient (Wildman–Crippen LogP) is 4.67. The Hall–Kier alpha value is -3.91. The Bertz CT molecular complexity index is 1420. The average Bonchev–Trinajstić information content (AvgIpc) is 3.22. The molecule has 0 spiro atoms. The second-order valence-corrected chi connectivity index (χ2v) is 8.59. The highest BCUT2D eigenvalue weighted by molar-refractivity contribution is 7.20. The molecule has 4 aromatic rings. The van der Waals surface area contributed by atoms with Crippen LogP contribution in [-0.4, -0.2) is 27.7 Å². The van der Waals surface area contributed by atoms with Crippen LogP contribution in [0.3, 0.4) is 0 Å². The third-order valence-corrected chi connectivity index (χ3v) is 6.63. The fraction of sp³-hybridized carbons (Fsp3) is 0.125. The van der Waals surface area contributed by atoms with Gasteiger partial charge in [0.05, 0.1) is 21.7 Å². The van der Waals surface area contributed by atoms with Gasteiger partial charge in [-0.1, -0.05) is 18.2 Å². The van der Waals surface area contributed by atoms with E-state index in [2.05, 4.69) is 15.3 Å². The van der Waals surface area contributed by atoms with Gasteiger partial charge in [0.25, 0.3) is 17.7 Å². The second kappa shape index (κ2) is 7.35. The molecule has 158 valence electrons. The Morgan fingerprint density at radius 3 is 2.31 bits per heavy atom. The van der Waals surface area contributed by atoms with E-state index in [0.29, 0.717) is 33.2 Å². The van der Waals surface area contributed by atoms with Crippen molar-refractivity contribution in [2.24, 2.45) is 0 Å². The van der Waals surface area contributed by atoms with Crippen LogP contribution in [-0.2, 0) is 0 Å². The van der Waals surface area contributed by atoms with Gasteiger partial charge in [0.15, 0.2) is 0 Å². The van der Waals surface area contributed by atoms with Crippen molar-refractivity contribution in [3.8, 4) is 0 Å². The van der Waals surface area contributed by atoms with E-state index in [1.807, 2.05) is 20.8 Å². The summed E-state index contributed by atoms with van der Waals surface area (Å²) in [5.41, 5.74) is 3.31. The smallest absolute Gasteiger partial charge is 0.266 e. The molecule has 3 amide bonds. The molecule has 0 saturated heterocycles. The highest BCUT2D eigenvalue weighted by Crippen LogP contribution is 2.33. The Kier molecular flexibility index (Phi) is 4.60. The first-order chi connectivity index (χ1) is 15.3. The molecule has 8 heteroatoms. The molecule has 1 aliphatic rings. The van der Waals surface area contributed by atoms with Crippen molar-refractivity contribution < 1.29 is 14.4 Å². The van der Waals surface area contributed by atoms with Crippen LogP contribution in [0, 0.1) is 20.8 Å². The van der Waals surface area contributed by atoms with Gasteiger partial charge >= 0.3 is 0 Å². The Balaban J connectivity index is 1.45. The van der Waals surface area contributed by atoms with Gasteiger partial charge in [-0.25, -0.2) is 14.9 Å². The lowest BCUT2D eigenvalue weighted by Crippen LogP contribution is -2.29. The standard InChI is InChI=1S/C24H18N4O3S/c1-12-19-13(2)25-14(3)26-22(19)32-20(12)21(29)27-15-7-6-8-16(11-15)28-23(30)17-9-4-5-10-18(17)24(28)31/h4-11H,1-3H3,(H,27,29). The first-order valence-electron chi connectivity index (χ1n) is 9.98. The average molecular weight is 443 g/mol. The number of aryl methyl sites for hydroxylation is 3. The van der Waals surface area contributed by atoms with Crippen molar-refractivity contribution in [1.29, 1.82) is 0 Å². The third kappa shape index (κ3) is 3.07. The van der Waals surface area contributed by atoms with Crippen molar-refractivity contribution in [3.05, 3.63) is 81.6 Å². The molecule has 0 atom stereocenters. The van der Waals surface area contributed by atoms with E-state index in [1.165, 1.54) is 11.3 Å². The van der Waals surface area contributed by atoms with Gasteiger partial charge in [-0.05, 0) is 56.7 Å². The largest absolute Gasteiger partial charge is 0.321 e. The summed E-state index contributed by atoms with van der Waals surface area (Å²) in [5, 5.41) is 3.78. The van der Waals surface area contributed by atoms with Gasteiger partial charge in [0.2, 0.25) is 0 Å². The SMILES string of the molecule is Cc1nc(C)c2c(C)c(C(=O)Nc3cccc(N4C(=O)c5ccccc5C4=O)c3)sc2n1. The van der Waals surface area contributed by atoms with Crippen LogP contribution in [0.4, 0.5) is 11.4 Å². The van der Waals surface area contributed by atoms with E-state index in [9.17, 15) is 14.4 Å². The van der Waals surface area contributed by atoms with Gasteiger partial charge in [0.1, 0.15) is 10.7 Å². The van der Waals surface area contributed by atoms with Gasteiger partial charge in [0, 0.05) is 16.8 Å². The summed E-state index contributed by atoms with van der Waals surface area (Å²) in [7, 11) is 0. The van der Waals surface area contributed by atoms with E-state index in [0.717, 1.165) is 26.4 Å². The molecule has 0 unspecified atom stereocenters. The minimum Gasteiger partial charge on any atom is -0.321 e. The van der Waals surface area contributed by atoms with Crippen molar-refractivity contribution in [1.82, 2.24) is 9.97 Å². The minimum absolute atomic E-state index is 0.276. The Morgan fingerprint density at radius 2 is 1.62 bits per heavy atom. The number of hydrogen-bond acceptors (Lipinski definition) is 6. The molecule has 0 bridgehead atoms. The summed E-state index contributed by atoms with van der Waals surface area (Å²) in [6, 6.07) is 13.4. The van der Waals surface area contributed by atoms with Crippen LogP contribution >= 0.6 is 11.3 Å². The maximum Gasteiger partial charge on any atom is 0.266 e. The number of thiophene rings is 1. The monoisotopic (exact) mass is 442 g/mol. The normalized spacial score (nSPS) is 13.0. The number of rotatable bonds is 3. The number of amides is 3. The zero-order valence-electron chi connectivity index (χ0n) is 17.6. The summed E-state index contributed by atoms with van der Waals surface area (Å²) in [5.74, 6) is -0.364. The van der Waals surface area contributed by atoms with Crippen LogP contribution < -0.4 is 10.2 Å². The number of aromatic nitrogens is 2. The number of anilines is 2. The quantitative estimate of drug-likeness (QED) is 0.466. The molecule has 0 aliphatic carbocycles. The van der Waals surface area contributed by atoms with Crippen LogP contribution in [0.1, 0.15) is 47.5 Å². The number of fused-ring (bicyclic) bond motifs is 2. The fourth-order valence-electron chi connectivity index (χ4n) is 4.02. The lowest BCUT2D eigenvalue weighted by Gasteiger charge is -2.15. The maximum atomic E-state index is 13.0. The molecule has 1 N–H and O–H groups in total. The zero-order chi connectivity index (χ0) is 22.6. The molecule has 7 nitrogen and oxygen atoms in total. The molecule has 0 fully saturated rings. The minimum atomic E-state index is -0.376. The van der Waals surface area contributed by atoms with Gasteiger partial charge in [-0.15, -0.1) is 11.3 Å². The Morgan fingerprint density at radius 1 is 0.938 bits per heavy atom. The van der Waals surface area contributed by atoms with Gasteiger partial charge < -0.3 is 5.32 Å². The number of carbonyl (C=O) groups excluding carboxylic acids is 3. The van der Waals surface area contributed by atoms with Crippen LogP contribution in [0.15, 0.2) is 48.5 Å². The van der Waals surface area contributed by atoms with E-state index in [4.69, 9.17) is 0 Å². The number of nitrogens with zero attached hydrogens (tertiary/aromatic N) is 3. The number of nitrogens with one attached hydrogen (secondary N) is 1. The molecular weight excluding hydrogens is 424 g/mol. The molecular formula is C24H18N4O3S. The third-order valence-electron chi connectivity index (χ3n) is 5.45. The van der Waals surface area contributed by atoms with Gasteiger partial charge in [-0.3, -0.25) is 14.4 Å². The Labute approximate surface area is 187 Å². The van der Waals surface area contributed by atoms with Crippen LogP contribution in [0.25, 0.3) is 10.2 Å². The highest BCUT2D eigenvalue weighted by Gasteiger charge is 2.36. The fourth-order valence-corrected chi connectivity index (χ4v) is 5.20. The van der Waals surface area contributed by atoms with E-state index in [-0.39, 0.29) is 17.7 Å². The first kappa shape index (κ1) is 20.0. The molecule has 0 saturated carbocycles. The summed E-state index contributed by atoms with van der Waals surface area (Å²) in [6.07, 6.45) is 0. The number of carbonyl (C=O) groups is 3. The molecule has 2 aromatic heterocycles. The first-order valence-corrected chi connectivity index (χ1v) is 10.8. The topological polar surface area (TPSA) is 92.3 Å². The van der Waals surface area contributed by atoms with Crippen molar-refractivity contribution in [2.75, 3.05) is 10.2 Å². The molecule has 2 aromatic carbocycles. The molecule has 5 rings (SSSR count). The molecule has 0 radical (unpaired) electrons. The number of imide groups is 1. The lowest BCUT2D eigenvalue weighted by atomic mass is 10.1. The van der Waals surface area contributed by atoms with E-state index >= 15 is 0 Å². The summed E-state index contributed by atoms with van der Waals surface area (Å²) < 4.78 is 0. The van der Waals surface area contributed by atoms with Crippen molar-refractivity contribution >= 4 is 50.6 Å². The highest BCUT2D eigenvalue weighted by atomic mass is 32.1. The molecule has 1 aliphatic heterocycles. The number of benzene rings is 2. The van der Waals surface area contributed by atoms with E-state index in [1.54, 1.807) is 48.5 Å². The van der Waals surface area contributed by atoms with Crippen molar-refractivity contribution in [2.45, 2.75) is 20.8 Å².